The first-order valence-corrected chi connectivity index (χ1v) is 10.0. The summed E-state index contributed by atoms with van der Waals surface area (Å²) in [4.78, 5) is 10.8. The largest absolute Gasteiger partial charge is 0.485 e. The van der Waals surface area contributed by atoms with E-state index in [1.807, 2.05) is 18.2 Å². The first-order valence-electron chi connectivity index (χ1n) is 10.0. The van der Waals surface area contributed by atoms with Crippen LogP contribution in [0.25, 0.3) is 16.8 Å². The van der Waals surface area contributed by atoms with E-state index in [9.17, 15) is 13.2 Å². The molecule has 4 rings (SSSR count). The molecule has 0 atom stereocenters. The van der Waals surface area contributed by atoms with Crippen molar-refractivity contribution in [3.63, 3.8) is 0 Å². The van der Waals surface area contributed by atoms with Crippen molar-refractivity contribution in [2.45, 2.75) is 25.8 Å². The van der Waals surface area contributed by atoms with E-state index in [4.69, 9.17) is 4.74 Å². The zero-order valence-corrected chi connectivity index (χ0v) is 16.9. The Bertz CT molecular complexity index is 1070. The Balaban J connectivity index is 1.59. The maximum absolute atomic E-state index is 14.4. The second kappa shape index (κ2) is 9.20. The van der Waals surface area contributed by atoms with E-state index in [0.29, 0.717) is 12.1 Å². The number of alkyl halides is 2. The zero-order valence-electron chi connectivity index (χ0n) is 16.9. The molecule has 0 aliphatic carbocycles. The Morgan fingerprint density at radius 2 is 1.81 bits per heavy atom. The van der Waals surface area contributed by atoms with Crippen molar-refractivity contribution in [2.24, 2.45) is 0 Å². The second-order valence-electron chi connectivity index (χ2n) is 7.36. The van der Waals surface area contributed by atoms with Crippen molar-refractivity contribution in [3.05, 3.63) is 84.2 Å². The Morgan fingerprint density at radius 3 is 2.55 bits per heavy atom. The molecule has 4 nitrogen and oxygen atoms in total. The topological polar surface area (TPSA) is 38.2 Å². The molecule has 0 N–H and O–H groups in total. The number of rotatable bonds is 6. The van der Waals surface area contributed by atoms with Crippen LogP contribution in [-0.2, 0) is 13.0 Å². The number of aromatic nitrogens is 2. The fourth-order valence-corrected chi connectivity index (χ4v) is 3.72. The van der Waals surface area contributed by atoms with Crippen molar-refractivity contribution in [1.29, 1.82) is 0 Å². The third-order valence-electron chi connectivity index (χ3n) is 5.26. The van der Waals surface area contributed by atoms with Crippen LogP contribution < -0.4 is 4.74 Å². The number of ether oxygens (including phenoxy) is 1. The Labute approximate surface area is 179 Å². The van der Waals surface area contributed by atoms with E-state index in [0.717, 1.165) is 42.0 Å². The van der Waals surface area contributed by atoms with E-state index in [2.05, 4.69) is 21.4 Å². The molecule has 3 aromatic rings. The fraction of sp³-hybridized carbons (Fsp3) is 0.250. The van der Waals surface area contributed by atoms with E-state index < -0.39 is 18.8 Å². The molecule has 0 saturated carbocycles. The molecule has 31 heavy (non-hydrogen) atoms. The average molecular weight is 425 g/mol. The quantitative estimate of drug-likeness (QED) is 0.534. The number of halogens is 3. The van der Waals surface area contributed by atoms with Crippen LogP contribution in [0, 0.1) is 5.82 Å². The maximum atomic E-state index is 14.4. The number of nitrogens with zero attached hydrogens (tertiary/aromatic N) is 3. The van der Waals surface area contributed by atoms with Gasteiger partial charge in [-0.15, -0.1) is 0 Å². The summed E-state index contributed by atoms with van der Waals surface area (Å²) in [7, 11) is 0. The molecule has 1 aromatic heterocycles. The van der Waals surface area contributed by atoms with Crippen LogP contribution in [0.1, 0.15) is 23.4 Å². The molecule has 0 unspecified atom stereocenters. The van der Waals surface area contributed by atoms with E-state index in [1.54, 1.807) is 24.5 Å². The molecule has 7 heteroatoms. The molecule has 0 bridgehead atoms. The van der Waals surface area contributed by atoms with Gasteiger partial charge in [0.1, 0.15) is 12.4 Å². The molecular weight excluding hydrogens is 403 g/mol. The fourth-order valence-electron chi connectivity index (χ4n) is 3.72. The summed E-state index contributed by atoms with van der Waals surface area (Å²) in [5.74, 6) is -0.128. The molecule has 1 aliphatic rings. The summed E-state index contributed by atoms with van der Waals surface area (Å²) >= 11 is 0. The van der Waals surface area contributed by atoms with Gasteiger partial charge >= 0.3 is 0 Å². The lowest BCUT2D eigenvalue weighted by Gasteiger charge is -2.25. The minimum Gasteiger partial charge on any atom is -0.485 e. The minimum atomic E-state index is -2.65. The first kappa shape index (κ1) is 20.9. The van der Waals surface area contributed by atoms with Gasteiger partial charge in [0.2, 0.25) is 0 Å². The van der Waals surface area contributed by atoms with Crippen LogP contribution in [0.4, 0.5) is 13.2 Å². The van der Waals surface area contributed by atoms with Gasteiger partial charge in [-0.05, 0) is 53.8 Å². The highest BCUT2D eigenvalue weighted by Crippen LogP contribution is 2.33. The number of hydrogen-bond donors (Lipinski definition) is 0. The molecule has 0 amide bonds. The van der Waals surface area contributed by atoms with Gasteiger partial charge in [0.25, 0.3) is 6.43 Å². The number of benzene rings is 2. The average Bonchev–Trinajstić information content (AvgIpc) is 2.92. The van der Waals surface area contributed by atoms with Crippen molar-refractivity contribution < 1.29 is 17.9 Å². The molecule has 0 fully saturated rings. The number of fused-ring (bicyclic) bond motifs is 1. The van der Waals surface area contributed by atoms with Crippen molar-refractivity contribution >= 4 is 5.70 Å². The van der Waals surface area contributed by atoms with Gasteiger partial charge < -0.3 is 9.64 Å². The molecule has 0 saturated heterocycles. The summed E-state index contributed by atoms with van der Waals surface area (Å²) in [5, 5.41) is 0. The van der Waals surface area contributed by atoms with Gasteiger partial charge in [-0.25, -0.2) is 23.1 Å². The predicted octanol–water partition coefficient (Wildman–Crippen LogP) is 5.35. The molecule has 160 valence electrons. The van der Waals surface area contributed by atoms with Crippen LogP contribution in [0.5, 0.6) is 5.75 Å². The summed E-state index contributed by atoms with van der Waals surface area (Å²) in [6.07, 6.45) is 2.67. The van der Waals surface area contributed by atoms with E-state index >= 15 is 0 Å². The van der Waals surface area contributed by atoms with Crippen LogP contribution >= 0.6 is 0 Å². The van der Waals surface area contributed by atoms with Crippen molar-refractivity contribution in [1.82, 2.24) is 14.9 Å². The highest BCUT2D eigenvalue weighted by molar-refractivity contribution is 5.74. The van der Waals surface area contributed by atoms with Gasteiger partial charge in [-0.2, -0.15) is 0 Å². The van der Waals surface area contributed by atoms with Gasteiger partial charge in [-0.1, -0.05) is 24.8 Å². The molecule has 0 spiro atoms. The van der Waals surface area contributed by atoms with Crippen LogP contribution in [0.3, 0.4) is 0 Å². The number of aryl methyl sites for hydroxylation is 1. The lowest BCUT2D eigenvalue weighted by Crippen LogP contribution is -2.22. The minimum absolute atomic E-state index is 0.183. The van der Waals surface area contributed by atoms with Gasteiger partial charge in [0, 0.05) is 30.2 Å². The molecule has 2 heterocycles. The van der Waals surface area contributed by atoms with Crippen LogP contribution in [0.15, 0.2) is 61.4 Å². The molecule has 1 aliphatic heterocycles. The summed E-state index contributed by atoms with van der Waals surface area (Å²) in [6.45, 7) is 4.87. The molecular formula is C24H22F3N3O. The SMILES string of the molecule is C=C1c2cc(-c3ccc(OCC(F)F)c(F)c3)ccc2CCCN1Cc1ncccn1. The standard InChI is InChI=1S/C24H22F3N3O/c1-16-20-12-18(19-7-8-22(21(25)13-19)31-15-23(26)27)6-5-17(20)4-2-11-30(16)14-24-28-9-3-10-29-24/h3,5-10,12-13,23H,1-2,4,11,14-15H2. The van der Waals surface area contributed by atoms with Crippen molar-refractivity contribution in [2.75, 3.05) is 13.2 Å². The van der Waals surface area contributed by atoms with Crippen molar-refractivity contribution in [3.8, 4) is 16.9 Å². The Morgan fingerprint density at radius 1 is 1.06 bits per heavy atom. The first-order chi connectivity index (χ1) is 15.0. The molecule has 0 radical (unpaired) electrons. The second-order valence-corrected chi connectivity index (χ2v) is 7.36. The maximum Gasteiger partial charge on any atom is 0.272 e. The smallest absolute Gasteiger partial charge is 0.272 e. The molecule has 2 aromatic carbocycles. The highest BCUT2D eigenvalue weighted by Gasteiger charge is 2.19. The van der Waals surface area contributed by atoms with Crippen LogP contribution in [-0.4, -0.2) is 34.4 Å². The summed E-state index contributed by atoms with van der Waals surface area (Å²) in [5.41, 5.74) is 4.52. The van der Waals surface area contributed by atoms with Gasteiger partial charge in [-0.3, -0.25) is 0 Å². The normalized spacial score (nSPS) is 13.8. The third-order valence-corrected chi connectivity index (χ3v) is 5.26. The third kappa shape index (κ3) is 4.87. The highest BCUT2D eigenvalue weighted by atomic mass is 19.3. The number of hydrogen-bond acceptors (Lipinski definition) is 4. The zero-order chi connectivity index (χ0) is 21.8. The Kier molecular flexibility index (Phi) is 6.21. The monoisotopic (exact) mass is 425 g/mol. The lowest BCUT2D eigenvalue weighted by molar-refractivity contribution is 0.0799. The Hall–Kier alpha value is -3.35. The summed E-state index contributed by atoms with van der Waals surface area (Å²) in [6, 6.07) is 12.1. The van der Waals surface area contributed by atoms with E-state index in [-0.39, 0.29) is 5.75 Å². The van der Waals surface area contributed by atoms with Gasteiger partial charge in [0.15, 0.2) is 11.6 Å². The van der Waals surface area contributed by atoms with Gasteiger partial charge in [0.05, 0.1) is 6.54 Å². The lowest BCUT2D eigenvalue weighted by atomic mass is 9.96. The van der Waals surface area contributed by atoms with Crippen LogP contribution in [0.2, 0.25) is 0 Å². The predicted molar refractivity (Wildman–Crippen MR) is 113 cm³/mol. The summed E-state index contributed by atoms with van der Waals surface area (Å²) < 4.78 is 43.8. The van der Waals surface area contributed by atoms with E-state index in [1.165, 1.54) is 17.7 Å².